The first-order chi connectivity index (χ1) is 9.04. The number of hydrogen-bond acceptors (Lipinski definition) is 6. The first-order valence-electron chi connectivity index (χ1n) is 6.43. The molecule has 2 heterocycles. The van der Waals surface area contributed by atoms with Gasteiger partial charge in [0, 0.05) is 6.04 Å². The maximum atomic E-state index is 5.54. The van der Waals surface area contributed by atoms with Crippen LogP contribution in [0.1, 0.15) is 44.2 Å². The molecule has 2 rings (SSSR count). The maximum absolute atomic E-state index is 5.54. The van der Waals surface area contributed by atoms with E-state index in [2.05, 4.69) is 34.7 Å². The summed E-state index contributed by atoms with van der Waals surface area (Å²) in [5.74, 6) is 2.30. The monoisotopic (exact) mass is 264 g/mol. The molecule has 0 aliphatic heterocycles. The quantitative estimate of drug-likeness (QED) is 0.835. The second-order valence-corrected chi connectivity index (χ2v) is 4.85. The number of nitrogens with one attached hydrogen (secondary N) is 2. The summed E-state index contributed by atoms with van der Waals surface area (Å²) in [5.41, 5.74) is 0. The minimum Gasteiger partial charge on any atom is -0.464 e. The Morgan fingerprint density at radius 2 is 1.95 bits per heavy atom. The number of aromatic nitrogens is 2. The van der Waals surface area contributed by atoms with Crippen molar-refractivity contribution in [3.8, 4) is 0 Å². The summed E-state index contributed by atoms with van der Waals surface area (Å²) in [6.07, 6.45) is 0. The van der Waals surface area contributed by atoms with Crippen molar-refractivity contribution in [2.24, 2.45) is 0 Å². The van der Waals surface area contributed by atoms with Gasteiger partial charge >= 0.3 is 6.01 Å². The Morgan fingerprint density at radius 1 is 1.16 bits per heavy atom. The molecule has 1 atom stereocenters. The van der Waals surface area contributed by atoms with Crippen LogP contribution >= 0.6 is 0 Å². The Hall–Kier alpha value is -1.82. The van der Waals surface area contributed by atoms with Crippen LogP contribution in [0.3, 0.4) is 0 Å². The highest BCUT2D eigenvalue weighted by atomic mass is 16.4. The fourth-order valence-corrected chi connectivity index (χ4v) is 1.62. The predicted octanol–water partition coefficient (Wildman–Crippen LogP) is 2.64. The van der Waals surface area contributed by atoms with Gasteiger partial charge in [-0.05, 0) is 26.0 Å². The molecule has 2 aromatic rings. The molecule has 0 fully saturated rings. The average molecular weight is 264 g/mol. The van der Waals surface area contributed by atoms with Crippen LogP contribution in [0.15, 0.2) is 21.0 Å². The molecule has 0 spiro atoms. The Labute approximate surface area is 112 Å². The Balaban J connectivity index is 1.92. The molecule has 19 heavy (non-hydrogen) atoms. The zero-order chi connectivity index (χ0) is 13.8. The molecule has 0 aliphatic rings. The molecular formula is C13H20N4O2. The van der Waals surface area contributed by atoms with Gasteiger partial charge in [-0.25, -0.2) is 0 Å². The predicted molar refractivity (Wildman–Crippen MR) is 71.8 cm³/mol. The zero-order valence-corrected chi connectivity index (χ0v) is 11.7. The molecule has 0 radical (unpaired) electrons. The SMILES string of the molecule is Cc1ccc(C(C)Nc2nnc(CNC(C)C)o2)o1. The van der Waals surface area contributed by atoms with E-state index in [-0.39, 0.29) is 6.04 Å². The van der Waals surface area contributed by atoms with E-state index in [0.717, 1.165) is 11.5 Å². The van der Waals surface area contributed by atoms with Gasteiger partial charge in [-0.1, -0.05) is 18.9 Å². The number of nitrogens with zero attached hydrogens (tertiary/aromatic N) is 2. The third-order valence-electron chi connectivity index (χ3n) is 2.66. The van der Waals surface area contributed by atoms with E-state index in [4.69, 9.17) is 8.83 Å². The Morgan fingerprint density at radius 3 is 2.58 bits per heavy atom. The first-order valence-corrected chi connectivity index (χ1v) is 6.43. The van der Waals surface area contributed by atoms with Gasteiger partial charge in [-0.2, -0.15) is 0 Å². The molecule has 6 nitrogen and oxygen atoms in total. The standard InChI is InChI=1S/C13H20N4O2/c1-8(2)14-7-12-16-17-13(19-12)15-10(4)11-6-5-9(3)18-11/h5-6,8,10,14H,7H2,1-4H3,(H,15,17). The largest absolute Gasteiger partial charge is 0.464 e. The molecule has 0 saturated heterocycles. The van der Waals surface area contributed by atoms with Crippen molar-refractivity contribution in [3.05, 3.63) is 29.5 Å². The van der Waals surface area contributed by atoms with Crippen molar-refractivity contribution in [1.82, 2.24) is 15.5 Å². The van der Waals surface area contributed by atoms with Crippen LogP contribution in [0.5, 0.6) is 0 Å². The normalized spacial score (nSPS) is 12.9. The van der Waals surface area contributed by atoms with Gasteiger partial charge in [0.2, 0.25) is 5.89 Å². The number of anilines is 1. The van der Waals surface area contributed by atoms with E-state index in [1.807, 2.05) is 26.0 Å². The Kier molecular flexibility index (Phi) is 4.21. The van der Waals surface area contributed by atoms with E-state index in [9.17, 15) is 0 Å². The van der Waals surface area contributed by atoms with Crippen molar-refractivity contribution >= 4 is 6.01 Å². The van der Waals surface area contributed by atoms with Gasteiger partial charge in [-0.3, -0.25) is 0 Å². The maximum Gasteiger partial charge on any atom is 0.316 e. The highest BCUT2D eigenvalue weighted by Gasteiger charge is 2.13. The lowest BCUT2D eigenvalue weighted by atomic mass is 10.2. The molecule has 6 heteroatoms. The summed E-state index contributed by atoms with van der Waals surface area (Å²) >= 11 is 0. The number of aryl methyl sites for hydroxylation is 1. The van der Waals surface area contributed by atoms with E-state index < -0.39 is 0 Å². The molecule has 1 unspecified atom stereocenters. The van der Waals surface area contributed by atoms with Crippen LogP contribution in [0.2, 0.25) is 0 Å². The fraction of sp³-hybridized carbons (Fsp3) is 0.538. The summed E-state index contributed by atoms with van der Waals surface area (Å²) in [6, 6.07) is 4.64. The van der Waals surface area contributed by atoms with Crippen molar-refractivity contribution in [1.29, 1.82) is 0 Å². The summed E-state index contributed by atoms with van der Waals surface area (Å²) in [6.45, 7) is 8.60. The van der Waals surface area contributed by atoms with E-state index in [1.165, 1.54) is 0 Å². The average Bonchev–Trinajstić information content (AvgIpc) is 2.95. The van der Waals surface area contributed by atoms with Gasteiger partial charge in [0.25, 0.3) is 0 Å². The van der Waals surface area contributed by atoms with Gasteiger partial charge in [0.1, 0.15) is 11.5 Å². The fourth-order valence-electron chi connectivity index (χ4n) is 1.62. The van der Waals surface area contributed by atoms with Gasteiger partial charge < -0.3 is 19.5 Å². The summed E-state index contributed by atoms with van der Waals surface area (Å²) in [7, 11) is 0. The highest BCUT2D eigenvalue weighted by Crippen LogP contribution is 2.20. The minimum atomic E-state index is -0.0138. The van der Waals surface area contributed by atoms with Crippen LogP contribution in [0.4, 0.5) is 6.01 Å². The van der Waals surface area contributed by atoms with Crippen LogP contribution in [0, 0.1) is 6.92 Å². The first kappa shape index (κ1) is 13.6. The minimum absolute atomic E-state index is 0.0138. The Bertz CT molecular complexity index is 518. The molecule has 0 aliphatic carbocycles. The smallest absolute Gasteiger partial charge is 0.316 e. The lowest BCUT2D eigenvalue weighted by Gasteiger charge is -2.08. The third kappa shape index (κ3) is 3.82. The molecule has 0 saturated carbocycles. The lowest BCUT2D eigenvalue weighted by Crippen LogP contribution is -2.21. The second-order valence-electron chi connectivity index (χ2n) is 4.85. The van der Waals surface area contributed by atoms with Gasteiger partial charge in [0.05, 0.1) is 12.6 Å². The lowest BCUT2D eigenvalue weighted by molar-refractivity contribution is 0.442. The second kappa shape index (κ2) is 5.88. The van der Waals surface area contributed by atoms with Crippen LogP contribution in [-0.2, 0) is 6.54 Å². The summed E-state index contributed by atoms with van der Waals surface area (Å²) < 4.78 is 11.0. The van der Waals surface area contributed by atoms with Crippen molar-refractivity contribution in [2.45, 2.75) is 46.3 Å². The summed E-state index contributed by atoms with van der Waals surface area (Å²) in [5, 5.41) is 14.3. The zero-order valence-electron chi connectivity index (χ0n) is 11.7. The summed E-state index contributed by atoms with van der Waals surface area (Å²) in [4.78, 5) is 0. The van der Waals surface area contributed by atoms with Crippen LogP contribution in [0.25, 0.3) is 0 Å². The topological polar surface area (TPSA) is 76.1 Å². The number of furan rings is 1. The van der Waals surface area contributed by atoms with Crippen LogP contribution in [-0.4, -0.2) is 16.2 Å². The van der Waals surface area contributed by atoms with E-state index >= 15 is 0 Å². The van der Waals surface area contributed by atoms with Crippen LogP contribution < -0.4 is 10.6 Å². The molecule has 0 aromatic carbocycles. The van der Waals surface area contributed by atoms with Gasteiger partial charge in [-0.15, -0.1) is 5.10 Å². The van der Waals surface area contributed by atoms with E-state index in [1.54, 1.807) is 0 Å². The highest BCUT2D eigenvalue weighted by molar-refractivity contribution is 5.24. The number of hydrogen-bond donors (Lipinski definition) is 2. The van der Waals surface area contributed by atoms with Crippen molar-refractivity contribution in [2.75, 3.05) is 5.32 Å². The molecule has 0 bridgehead atoms. The van der Waals surface area contributed by atoms with Gasteiger partial charge in [0.15, 0.2) is 0 Å². The van der Waals surface area contributed by atoms with E-state index in [0.29, 0.717) is 24.5 Å². The molecule has 2 aromatic heterocycles. The molecule has 104 valence electrons. The molecular weight excluding hydrogens is 244 g/mol. The van der Waals surface area contributed by atoms with Crippen molar-refractivity contribution < 1.29 is 8.83 Å². The molecule has 0 amide bonds. The molecule has 2 N–H and O–H groups in total. The third-order valence-corrected chi connectivity index (χ3v) is 2.66. The number of rotatable bonds is 6. The van der Waals surface area contributed by atoms with Crippen molar-refractivity contribution in [3.63, 3.8) is 0 Å².